The fourth-order valence-corrected chi connectivity index (χ4v) is 3.76. The summed E-state index contributed by atoms with van der Waals surface area (Å²) >= 11 is 0. The number of aromatic amines is 1. The van der Waals surface area contributed by atoms with Gasteiger partial charge in [0.2, 0.25) is 11.8 Å². The first-order valence-electron chi connectivity index (χ1n) is 9.84. The van der Waals surface area contributed by atoms with E-state index in [0.717, 1.165) is 28.7 Å². The quantitative estimate of drug-likeness (QED) is 0.598. The monoisotopic (exact) mass is 391 g/mol. The Balaban J connectivity index is 1.38. The highest BCUT2D eigenvalue weighted by Gasteiger charge is 2.31. The Morgan fingerprint density at radius 3 is 3.00 bits per heavy atom. The normalized spacial score (nSPS) is 17.3. The second-order valence-corrected chi connectivity index (χ2v) is 7.50. The van der Waals surface area contributed by atoms with E-state index < -0.39 is 6.04 Å². The Morgan fingerprint density at radius 1 is 1.24 bits per heavy atom. The van der Waals surface area contributed by atoms with Crippen LogP contribution in [0, 0.1) is 6.92 Å². The number of hydrogen-bond acceptors (Lipinski definition) is 4. The zero-order valence-corrected chi connectivity index (χ0v) is 16.4. The molecule has 2 aromatic carbocycles. The van der Waals surface area contributed by atoms with Gasteiger partial charge in [-0.05, 0) is 30.2 Å². The summed E-state index contributed by atoms with van der Waals surface area (Å²) in [5.74, 6) is -0.219. The predicted molar refractivity (Wildman–Crippen MR) is 111 cm³/mol. The summed E-state index contributed by atoms with van der Waals surface area (Å²) in [7, 11) is 0. The molecule has 7 heteroatoms. The first kappa shape index (κ1) is 19.1. The minimum atomic E-state index is -0.459. The maximum atomic E-state index is 12.6. The maximum absolute atomic E-state index is 12.6. The third-order valence-corrected chi connectivity index (χ3v) is 5.26. The number of rotatable bonds is 6. The molecule has 0 bridgehead atoms. The van der Waals surface area contributed by atoms with Gasteiger partial charge < -0.3 is 15.6 Å². The molecule has 1 atom stereocenters. The summed E-state index contributed by atoms with van der Waals surface area (Å²) in [6, 6.07) is 13.6. The van der Waals surface area contributed by atoms with Crippen molar-refractivity contribution in [3.63, 3.8) is 0 Å². The molecule has 1 unspecified atom stereocenters. The van der Waals surface area contributed by atoms with Crippen molar-refractivity contribution < 1.29 is 9.59 Å². The molecule has 2 amide bonds. The molecule has 1 aliphatic rings. The van der Waals surface area contributed by atoms with Crippen molar-refractivity contribution in [2.75, 3.05) is 13.1 Å². The average Bonchev–Trinajstić information content (AvgIpc) is 3.17. The minimum absolute atomic E-state index is 0.0852. The van der Waals surface area contributed by atoms with Gasteiger partial charge in [-0.2, -0.15) is 0 Å². The summed E-state index contributed by atoms with van der Waals surface area (Å²) in [4.78, 5) is 34.4. The van der Waals surface area contributed by atoms with Crippen LogP contribution < -0.4 is 10.6 Å². The number of benzene rings is 2. The van der Waals surface area contributed by atoms with Gasteiger partial charge in [0.05, 0.1) is 29.8 Å². The lowest BCUT2D eigenvalue weighted by molar-refractivity contribution is -0.134. The zero-order valence-electron chi connectivity index (χ0n) is 16.4. The van der Waals surface area contributed by atoms with E-state index in [1.165, 1.54) is 5.56 Å². The third-order valence-electron chi connectivity index (χ3n) is 5.26. The second kappa shape index (κ2) is 8.45. The van der Waals surface area contributed by atoms with Crippen LogP contribution in [0.25, 0.3) is 11.0 Å². The third kappa shape index (κ3) is 4.63. The van der Waals surface area contributed by atoms with Crippen molar-refractivity contribution in [2.45, 2.75) is 32.5 Å². The first-order chi connectivity index (χ1) is 14.1. The molecule has 4 rings (SSSR count). The number of piperazine rings is 1. The van der Waals surface area contributed by atoms with E-state index >= 15 is 0 Å². The van der Waals surface area contributed by atoms with Crippen LogP contribution in [0.1, 0.15) is 23.1 Å². The molecule has 1 saturated heterocycles. The van der Waals surface area contributed by atoms with Crippen LogP contribution in [0.2, 0.25) is 0 Å². The van der Waals surface area contributed by atoms with Crippen molar-refractivity contribution in [2.24, 2.45) is 0 Å². The number of fused-ring (bicyclic) bond motifs is 1. The summed E-state index contributed by atoms with van der Waals surface area (Å²) < 4.78 is 0. The van der Waals surface area contributed by atoms with Gasteiger partial charge >= 0.3 is 0 Å². The second-order valence-electron chi connectivity index (χ2n) is 7.50. The van der Waals surface area contributed by atoms with E-state index in [-0.39, 0.29) is 18.2 Å². The number of carbonyl (C=O) groups is 2. The Kier molecular flexibility index (Phi) is 5.57. The van der Waals surface area contributed by atoms with Gasteiger partial charge in [0.1, 0.15) is 0 Å². The van der Waals surface area contributed by atoms with E-state index in [9.17, 15) is 9.59 Å². The minimum Gasteiger partial charge on any atom is -0.353 e. The van der Waals surface area contributed by atoms with Crippen molar-refractivity contribution in [3.05, 3.63) is 65.5 Å². The molecule has 0 saturated carbocycles. The van der Waals surface area contributed by atoms with Gasteiger partial charge in [-0.1, -0.05) is 35.9 Å². The van der Waals surface area contributed by atoms with E-state index in [0.29, 0.717) is 19.6 Å². The number of nitrogens with one attached hydrogen (secondary N) is 3. The van der Waals surface area contributed by atoms with Crippen LogP contribution in [0.5, 0.6) is 0 Å². The van der Waals surface area contributed by atoms with Crippen LogP contribution in [-0.4, -0.2) is 45.8 Å². The van der Waals surface area contributed by atoms with E-state index in [1.54, 1.807) is 6.33 Å². The van der Waals surface area contributed by atoms with Gasteiger partial charge in [-0.15, -0.1) is 0 Å². The lowest BCUT2D eigenvalue weighted by Gasteiger charge is -2.34. The van der Waals surface area contributed by atoms with Crippen LogP contribution in [-0.2, 0) is 22.7 Å². The Labute approximate surface area is 169 Å². The molecule has 1 aromatic heterocycles. The molecule has 29 heavy (non-hydrogen) atoms. The molecule has 3 N–H and O–H groups in total. The van der Waals surface area contributed by atoms with Gasteiger partial charge in [-0.3, -0.25) is 14.5 Å². The first-order valence-corrected chi connectivity index (χ1v) is 9.84. The number of amides is 2. The van der Waals surface area contributed by atoms with E-state index in [2.05, 4.69) is 50.6 Å². The summed E-state index contributed by atoms with van der Waals surface area (Å²) in [5, 5.41) is 5.82. The summed E-state index contributed by atoms with van der Waals surface area (Å²) in [6.45, 7) is 4.46. The molecule has 7 nitrogen and oxygen atoms in total. The van der Waals surface area contributed by atoms with Crippen molar-refractivity contribution in [1.29, 1.82) is 0 Å². The van der Waals surface area contributed by atoms with Gasteiger partial charge in [0.25, 0.3) is 0 Å². The molecular weight excluding hydrogens is 366 g/mol. The number of carbonyl (C=O) groups excluding carboxylic acids is 2. The SMILES string of the molecule is Cc1cccc(CN2CCNC(=O)C2CC(=O)NCc2ccc3nc[nH]c3c2)c1. The lowest BCUT2D eigenvalue weighted by Crippen LogP contribution is -2.56. The molecule has 3 aromatic rings. The Bertz CT molecular complexity index is 1030. The molecule has 0 aliphatic carbocycles. The molecule has 2 heterocycles. The Morgan fingerprint density at radius 2 is 2.14 bits per heavy atom. The van der Waals surface area contributed by atoms with Crippen LogP contribution >= 0.6 is 0 Å². The molecule has 1 aliphatic heterocycles. The summed E-state index contributed by atoms with van der Waals surface area (Å²) in [5.41, 5.74) is 5.16. The van der Waals surface area contributed by atoms with Gasteiger partial charge in [0.15, 0.2) is 0 Å². The highest BCUT2D eigenvalue weighted by Crippen LogP contribution is 2.15. The largest absolute Gasteiger partial charge is 0.353 e. The van der Waals surface area contributed by atoms with Gasteiger partial charge in [-0.25, -0.2) is 4.98 Å². The lowest BCUT2D eigenvalue weighted by atomic mass is 10.1. The fraction of sp³-hybridized carbons (Fsp3) is 0.318. The Hall–Kier alpha value is -3.19. The smallest absolute Gasteiger partial charge is 0.237 e. The topological polar surface area (TPSA) is 90.1 Å². The zero-order chi connectivity index (χ0) is 20.2. The summed E-state index contributed by atoms with van der Waals surface area (Å²) in [6.07, 6.45) is 1.79. The number of imidazole rings is 1. The number of aromatic nitrogens is 2. The van der Waals surface area contributed by atoms with Crippen LogP contribution in [0.3, 0.4) is 0 Å². The molecule has 0 spiro atoms. The highest BCUT2D eigenvalue weighted by atomic mass is 16.2. The van der Waals surface area contributed by atoms with Crippen molar-refractivity contribution >= 4 is 22.8 Å². The van der Waals surface area contributed by atoms with Crippen molar-refractivity contribution in [3.8, 4) is 0 Å². The van der Waals surface area contributed by atoms with Crippen LogP contribution in [0.15, 0.2) is 48.8 Å². The molecule has 1 fully saturated rings. The van der Waals surface area contributed by atoms with Gasteiger partial charge in [0, 0.05) is 26.2 Å². The van der Waals surface area contributed by atoms with Crippen LogP contribution in [0.4, 0.5) is 0 Å². The molecule has 150 valence electrons. The highest BCUT2D eigenvalue weighted by molar-refractivity contribution is 5.88. The van der Waals surface area contributed by atoms with Crippen molar-refractivity contribution in [1.82, 2.24) is 25.5 Å². The van der Waals surface area contributed by atoms with E-state index in [1.807, 2.05) is 24.3 Å². The average molecular weight is 391 g/mol. The number of H-pyrrole nitrogens is 1. The number of aryl methyl sites for hydroxylation is 1. The van der Waals surface area contributed by atoms with E-state index in [4.69, 9.17) is 0 Å². The number of nitrogens with zero attached hydrogens (tertiary/aromatic N) is 2. The predicted octanol–water partition coefficient (Wildman–Crippen LogP) is 1.88. The molecule has 0 radical (unpaired) electrons. The maximum Gasteiger partial charge on any atom is 0.237 e. The fourth-order valence-electron chi connectivity index (χ4n) is 3.76. The number of hydrogen-bond donors (Lipinski definition) is 3. The standard InChI is InChI=1S/C22H25N5O2/c1-15-3-2-4-17(9-15)13-27-8-7-23-22(29)20(27)11-21(28)24-12-16-5-6-18-19(10-16)26-14-25-18/h2-6,9-10,14,20H,7-8,11-13H2,1H3,(H,23,29)(H,24,28)(H,25,26). The molecular formula is C22H25N5O2.